The lowest BCUT2D eigenvalue weighted by molar-refractivity contribution is 0.0373. The van der Waals surface area contributed by atoms with Gasteiger partial charge in [-0.3, -0.25) is 4.90 Å². The molecule has 2 N–H and O–H groups in total. The van der Waals surface area contributed by atoms with Crippen LogP contribution in [0.5, 0.6) is 0 Å². The lowest BCUT2D eigenvalue weighted by Crippen LogP contribution is -2.34. The Hall–Kier alpha value is -0.240. The molecule has 0 atom stereocenters. The van der Waals surface area contributed by atoms with Crippen LogP contribution in [0.25, 0.3) is 0 Å². The lowest BCUT2D eigenvalue weighted by Gasteiger charge is -2.22. The Morgan fingerprint density at radius 1 is 0.700 bits per heavy atom. The third-order valence-electron chi connectivity index (χ3n) is 2.77. The van der Waals surface area contributed by atoms with E-state index in [-0.39, 0.29) is 13.2 Å². The molecule has 6 nitrogen and oxygen atoms in total. The van der Waals surface area contributed by atoms with Crippen molar-refractivity contribution in [3.05, 3.63) is 0 Å². The minimum Gasteiger partial charge on any atom is -0.394 e. The second-order valence-corrected chi connectivity index (χ2v) is 4.48. The van der Waals surface area contributed by atoms with Crippen LogP contribution in [0.3, 0.4) is 0 Å². The fourth-order valence-electron chi connectivity index (χ4n) is 1.60. The van der Waals surface area contributed by atoms with Gasteiger partial charge in [-0.05, 0) is 6.42 Å². The van der Waals surface area contributed by atoms with Gasteiger partial charge in [0.15, 0.2) is 0 Å². The summed E-state index contributed by atoms with van der Waals surface area (Å²) in [6.07, 6.45) is 2.24. The second kappa shape index (κ2) is 16.8. The SMILES string of the molecule is CCCCOCCN(CCOCCO)CCOCCO. The number of nitrogens with zero attached hydrogens (tertiary/aromatic N) is 1. The van der Waals surface area contributed by atoms with E-state index in [1.54, 1.807) is 0 Å². The van der Waals surface area contributed by atoms with E-state index in [2.05, 4.69) is 11.8 Å². The molecule has 0 unspecified atom stereocenters. The topological polar surface area (TPSA) is 71.4 Å². The molecule has 0 aliphatic rings. The fraction of sp³-hybridized carbons (Fsp3) is 1.00. The highest BCUT2D eigenvalue weighted by Gasteiger charge is 2.05. The molecule has 0 spiro atoms. The number of hydrogen-bond donors (Lipinski definition) is 2. The van der Waals surface area contributed by atoms with Crippen molar-refractivity contribution in [2.24, 2.45) is 0 Å². The van der Waals surface area contributed by atoms with Crippen LogP contribution in [-0.2, 0) is 14.2 Å². The van der Waals surface area contributed by atoms with Gasteiger partial charge in [0.2, 0.25) is 0 Å². The Balaban J connectivity index is 3.67. The first-order valence-corrected chi connectivity index (χ1v) is 7.52. The lowest BCUT2D eigenvalue weighted by atomic mass is 10.4. The van der Waals surface area contributed by atoms with Gasteiger partial charge < -0.3 is 24.4 Å². The van der Waals surface area contributed by atoms with E-state index in [4.69, 9.17) is 24.4 Å². The molecule has 0 aromatic heterocycles. The quantitative estimate of drug-likeness (QED) is 0.394. The number of hydrogen-bond acceptors (Lipinski definition) is 6. The van der Waals surface area contributed by atoms with Crippen LogP contribution in [0.15, 0.2) is 0 Å². The molecule has 20 heavy (non-hydrogen) atoms. The molecule has 0 heterocycles. The Bertz CT molecular complexity index is 171. The Kier molecular flexibility index (Phi) is 16.6. The third-order valence-corrected chi connectivity index (χ3v) is 2.77. The maximum absolute atomic E-state index is 8.65. The molecule has 0 saturated heterocycles. The van der Waals surface area contributed by atoms with Crippen LogP contribution in [0.1, 0.15) is 19.8 Å². The minimum atomic E-state index is 0.0553. The highest BCUT2D eigenvalue weighted by molar-refractivity contribution is 4.57. The van der Waals surface area contributed by atoms with E-state index in [1.165, 1.54) is 0 Å². The van der Waals surface area contributed by atoms with Crippen LogP contribution in [0.2, 0.25) is 0 Å². The predicted octanol–water partition coefficient (Wildman–Crippen LogP) is 0.123. The molecule has 0 saturated carbocycles. The number of aliphatic hydroxyl groups excluding tert-OH is 2. The van der Waals surface area contributed by atoms with E-state index in [9.17, 15) is 0 Å². The van der Waals surface area contributed by atoms with E-state index < -0.39 is 0 Å². The largest absolute Gasteiger partial charge is 0.394 e. The summed E-state index contributed by atoms with van der Waals surface area (Å²) in [4.78, 5) is 2.21. The van der Waals surface area contributed by atoms with Crippen LogP contribution in [-0.4, -0.2) is 87.6 Å². The minimum absolute atomic E-state index is 0.0553. The zero-order valence-corrected chi connectivity index (χ0v) is 12.8. The molecule has 122 valence electrons. The number of unbranched alkanes of at least 4 members (excludes halogenated alkanes) is 1. The number of rotatable bonds is 16. The molecule has 0 bridgehead atoms. The van der Waals surface area contributed by atoms with Gasteiger partial charge in [0.25, 0.3) is 0 Å². The average Bonchev–Trinajstić information content (AvgIpc) is 2.47. The van der Waals surface area contributed by atoms with E-state index in [1.807, 2.05) is 0 Å². The molecule has 0 aliphatic heterocycles. The van der Waals surface area contributed by atoms with Crippen molar-refractivity contribution in [3.63, 3.8) is 0 Å². The standard InChI is InChI=1S/C14H31NO5/c1-2-3-9-18-10-4-15(5-11-19-13-7-16)6-12-20-14-8-17/h16-17H,2-14H2,1H3. The first-order chi connectivity index (χ1) is 9.85. The highest BCUT2D eigenvalue weighted by Crippen LogP contribution is 1.93. The van der Waals surface area contributed by atoms with Gasteiger partial charge in [-0.25, -0.2) is 0 Å². The van der Waals surface area contributed by atoms with Crippen molar-refractivity contribution in [2.45, 2.75) is 19.8 Å². The monoisotopic (exact) mass is 293 g/mol. The van der Waals surface area contributed by atoms with Crippen molar-refractivity contribution >= 4 is 0 Å². The van der Waals surface area contributed by atoms with Crippen molar-refractivity contribution in [2.75, 3.05) is 72.5 Å². The van der Waals surface area contributed by atoms with Crippen LogP contribution >= 0.6 is 0 Å². The normalized spacial score (nSPS) is 11.4. The van der Waals surface area contributed by atoms with Crippen molar-refractivity contribution in [3.8, 4) is 0 Å². The molecule has 0 fully saturated rings. The third kappa shape index (κ3) is 14.2. The maximum Gasteiger partial charge on any atom is 0.0698 e. The zero-order valence-electron chi connectivity index (χ0n) is 12.8. The number of aliphatic hydroxyl groups is 2. The zero-order chi connectivity index (χ0) is 14.9. The first-order valence-electron chi connectivity index (χ1n) is 7.52. The number of ether oxygens (including phenoxy) is 3. The molecule has 0 aromatic rings. The Morgan fingerprint density at radius 2 is 1.15 bits per heavy atom. The summed E-state index contributed by atoms with van der Waals surface area (Å²) in [5.74, 6) is 0. The highest BCUT2D eigenvalue weighted by atomic mass is 16.5. The fourth-order valence-corrected chi connectivity index (χ4v) is 1.60. The van der Waals surface area contributed by atoms with Crippen LogP contribution < -0.4 is 0 Å². The van der Waals surface area contributed by atoms with Crippen molar-refractivity contribution in [1.29, 1.82) is 0 Å². The van der Waals surface area contributed by atoms with Gasteiger partial charge in [-0.2, -0.15) is 0 Å². The molecule has 0 amide bonds. The van der Waals surface area contributed by atoms with E-state index in [0.29, 0.717) is 33.0 Å². The molecule has 6 heteroatoms. The molecule has 0 radical (unpaired) electrons. The molecule has 0 aliphatic carbocycles. The summed E-state index contributed by atoms with van der Waals surface area (Å²) >= 11 is 0. The summed E-state index contributed by atoms with van der Waals surface area (Å²) in [6.45, 7) is 8.14. The van der Waals surface area contributed by atoms with Gasteiger partial charge >= 0.3 is 0 Å². The first kappa shape index (κ1) is 19.8. The molecule has 0 rings (SSSR count). The summed E-state index contributed by atoms with van der Waals surface area (Å²) in [5, 5.41) is 17.3. The van der Waals surface area contributed by atoms with Gasteiger partial charge in [0.1, 0.15) is 0 Å². The van der Waals surface area contributed by atoms with Gasteiger partial charge in [-0.1, -0.05) is 13.3 Å². The summed E-state index contributed by atoms with van der Waals surface area (Å²) in [6, 6.07) is 0. The predicted molar refractivity (Wildman–Crippen MR) is 78.0 cm³/mol. The van der Waals surface area contributed by atoms with Crippen molar-refractivity contribution in [1.82, 2.24) is 4.90 Å². The van der Waals surface area contributed by atoms with Crippen molar-refractivity contribution < 1.29 is 24.4 Å². The molecule has 0 aromatic carbocycles. The van der Waals surface area contributed by atoms with E-state index >= 15 is 0 Å². The Morgan fingerprint density at radius 3 is 1.55 bits per heavy atom. The van der Waals surface area contributed by atoms with Crippen LogP contribution in [0.4, 0.5) is 0 Å². The smallest absolute Gasteiger partial charge is 0.0698 e. The van der Waals surface area contributed by atoms with Crippen LogP contribution in [0, 0.1) is 0 Å². The summed E-state index contributed by atoms with van der Waals surface area (Å²) < 4.78 is 16.1. The van der Waals surface area contributed by atoms with Gasteiger partial charge in [0.05, 0.1) is 46.2 Å². The molecular formula is C14H31NO5. The summed E-state index contributed by atoms with van der Waals surface area (Å²) in [5.41, 5.74) is 0. The van der Waals surface area contributed by atoms with Gasteiger partial charge in [-0.15, -0.1) is 0 Å². The molecular weight excluding hydrogens is 262 g/mol. The average molecular weight is 293 g/mol. The van der Waals surface area contributed by atoms with Gasteiger partial charge in [0, 0.05) is 26.2 Å². The second-order valence-electron chi connectivity index (χ2n) is 4.48. The Labute approximate surface area is 122 Å². The summed E-state index contributed by atoms with van der Waals surface area (Å²) in [7, 11) is 0. The van der Waals surface area contributed by atoms with E-state index in [0.717, 1.165) is 39.1 Å². The maximum atomic E-state index is 8.65.